The minimum atomic E-state index is -1.27. The van der Waals surface area contributed by atoms with Gasteiger partial charge in [0.05, 0.1) is 23.2 Å². The Morgan fingerprint density at radius 1 is 1.20 bits per heavy atom. The number of carbonyl (C=O) groups is 1. The summed E-state index contributed by atoms with van der Waals surface area (Å²) in [7, 11) is -1.27. The van der Waals surface area contributed by atoms with Crippen LogP contribution in [0.1, 0.15) is 6.42 Å². The molecular weight excluding hydrogens is 272 g/mol. The fourth-order valence-corrected chi connectivity index (χ4v) is 3.57. The maximum Gasteiger partial charge on any atom is 0.151 e. The third-order valence-electron chi connectivity index (χ3n) is 3.64. The molecule has 3 rings (SSSR count). The molecule has 104 valence electrons. The fourth-order valence-electron chi connectivity index (χ4n) is 2.43. The maximum absolute atomic E-state index is 12.3. The summed E-state index contributed by atoms with van der Waals surface area (Å²) >= 11 is 0. The Morgan fingerprint density at radius 3 is 2.75 bits per heavy atom. The highest BCUT2D eigenvalue weighted by Crippen LogP contribution is 2.20. The van der Waals surface area contributed by atoms with Crippen molar-refractivity contribution in [1.29, 1.82) is 0 Å². The fraction of sp³-hybridized carbons (Fsp3) is 0.312. The van der Waals surface area contributed by atoms with Gasteiger partial charge >= 0.3 is 0 Å². The SMILES string of the molecule is O=C(CS(=O)c1ccc2ccccc2c1)C1CCOC1. The van der Waals surface area contributed by atoms with Crippen LogP contribution in [0.5, 0.6) is 0 Å². The number of carbonyl (C=O) groups excluding carboxylic acids is 1. The lowest BCUT2D eigenvalue weighted by Crippen LogP contribution is -2.21. The van der Waals surface area contributed by atoms with Crippen molar-refractivity contribution >= 4 is 27.4 Å². The lowest BCUT2D eigenvalue weighted by molar-refractivity contribution is -0.120. The van der Waals surface area contributed by atoms with Crippen LogP contribution in [0.25, 0.3) is 10.8 Å². The van der Waals surface area contributed by atoms with Gasteiger partial charge in [-0.3, -0.25) is 9.00 Å². The molecule has 2 aromatic rings. The van der Waals surface area contributed by atoms with Gasteiger partial charge in [-0.15, -0.1) is 0 Å². The summed E-state index contributed by atoms with van der Waals surface area (Å²) < 4.78 is 17.5. The van der Waals surface area contributed by atoms with Crippen molar-refractivity contribution in [2.75, 3.05) is 19.0 Å². The van der Waals surface area contributed by atoms with Crippen LogP contribution in [0, 0.1) is 5.92 Å². The molecular formula is C16H16O3S. The number of ketones is 1. The monoisotopic (exact) mass is 288 g/mol. The second-order valence-electron chi connectivity index (χ2n) is 5.03. The van der Waals surface area contributed by atoms with Crippen molar-refractivity contribution in [3.63, 3.8) is 0 Å². The molecule has 2 unspecified atom stereocenters. The van der Waals surface area contributed by atoms with Gasteiger partial charge in [-0.25, -0.2) is 0 Å². The molecule has 0 N–H and O–H groups in total. The number of hydrogen-bond donors (Lipinski definition) is 0. The van der Waals surface area contributed by atoms with Gasteiger partial charge in [0.1, 0.15) is 0 Å². The van der Waals surface area contributed by atoms with Gasteiger partial charge in [-0.2, -0.15) is 0 Å². The lowest BCUT2D eigenvalue weighted by Gasteiger charge is -2.07. The zero-order valence-electron chi connectivity index (χ0n) is 11.1. The average molecular weight is 288 g/mol. The van der Waals surface area contributed by atoms with Gasteiger partial charge in [-0.1, -0.05) is 30.3 Å². The Balaban J connectivity index is 1.76. The minimum absolute atomic E-state index is 0.0500. The summed E-state index contributed by atoms with van der Waals surface area (Å²) in [4.78, 5) is 12.7. The van der Waals surface area contributed by atoms with Crippen LogP contribution in [0.15, 0.2) is 47.4 Å². The normalized spacial score (nSPS) is 20.1. The molecule has 1 saturated heterocycles. The molecule has 0 radical (unpaired) electrons. The molecule has 2 atom stereocenters. The molecule has 0 amide bonds. The molecule has 2 aromatic carbocycles. The van der Waals surface area contributed by atoms with Crippen molar-refractivity contribution in [2.45, 2.75) is 11.3 Å². The Hall–Kier alpha value is -1.52. The van der Waals surface area contributed by atoms with E-state index in [1.54, 1.807) is 0 Å². The molecule has 3 nitrogen and oxygen atoms in total. The first-order valence-corrected chi connectivity index (χ1v) is 8.03. The zero-order chi connectivity index (χ0) is 13.9. The standard InChI is InChI=1S/C16H16O3S/c17-16(14-7-8-19-10-14)11-20(18)15-6-5-12-3-1-2-4-13(12)9-15/h1-6,9,14H,7-8,10-11H2. The van der Waals surface area contributed by atoms with E-state index in [1.807, 2.05) is 42.5 Å². The number of benzene rings is 2. The van der Waals surface area contributed by atoms with E-state index in [-0.39, 0.29) is 17.5 Å². The van der Waals surface area contributed by atoms with E-state index in [0.717, 1.165) is 22.1 Å². The van der Waals surface area contributed by atoms with E-state index in [4.69, 9.17) is 4.74 Å². The van der Waals surface area contributed by atoms with E-state index in [0.29, 0.717) is 13.2 Å². The van der Waals surface area contributed by atoms with Gasteiger partial charge in [0.2, 0.25) is 0 Å². The van der Waals surface area contributed by atoms with Crippen LogP contribution in [-0.4, -0.2) is 29.0 Å². The van der Waals surface area contributed by atoms with Gasteiger partial charge in [-0.05, 0) is 29.3 Å². The summed E-state index contributed by atoms with van der Waals surface area (Å²) in [5, 5.41) is 2.17. The predicted molar refractivity (Wildman–Crippen MR) is 79.2 cm³/mol. The van der Waals surface area contributed by atoms with E-state index in [2.05, 4.69) is 0 Å². The molecule has 1 aliphatic heterocycles. The quantitative estimate of drug-likeness (QED) is 0.868. The summed E-state index contributed by atoms with van der Waals surface area (Å²) in [6.45, 7) is 1.12. The summed E-state index contributed by atoms with van der Waals surface area (Å²) in [6.07, 6.45) is 0.758. The van der Waals surface area contributed by atoms with Crippen LogP contribution >= 0.6 is 0 Å². The van der Waals surface area contributed by atoms with Crippen molar-refractivity contribution in [2.24, 2.45) is 5.92 Å². The van der Waals surface area contributed by atoms with Crippen LogP contribution in [0.3, 0.4) is 0 Å². The van der Waals surface area contributed by atoms with Gasteiger partial charge in [0.15, 0.2) is 5.78 Å². The first-order valence-electron chi connectivity index (χ1n) is 6.72. The molecule has 20 heavy (non-hydrogen) atoms. The van der Waals surface area contributed by atoms with Crippen molar-refractivity contribution < 1.29 is 13.7 Å². The number of Topliss-reactive ketones (excluding diaryl/α,β-unsaturated/α-hetero) is 1. The molecule has 0 aromatic heterocycles. The second-order valence-corrected chi connectivity index (χ2v) is 6.48. The number of fused-ring (bicyclic) bond motifs is 1. The molecule has 0 aliphatic carbocycles. The highest BCUT2D eigenvalue weighted by molar-refractivity contribution is 7.85. The van der Waals surface area contributed by atoms with Crippen LogP contribution < -0.4 is 0 Å². The first-order chi connectivity index (χ1) is 9.74. The zero-order valence-corrected chi connectivity index (χ0v) is 11.9. The second kappa shape index (κ2) is 5.85. The predicted octanol–water partition coefficient (Wildman–Crippen LogP) is 2.55. The summed E-state index contributed by atoms with van der Waals surface area (Å²) in [5.74, 6) is 0.0696. The van der Waals surface area contributed by atoms with Crippen molar-refractivity contribution in [3.8, 4) is 0 Å². The minimum Gasteiger partial charge on any atom is -0.381 e. The van der Waals surface area contributed by atoms with Gasteiger partial charge in [0.25, 0.3) is 0 Å². The van der Waals surface area contributed by atoms with E-state index < -0.39 is 10.8 Å². The molecule has 0 bridgehead atoms. The largest absolute Gasteiger partial charge is 0.381 e. The van der Waals surface area contributed by atoms with Crippen LogP contribution in [0.2, 0.25) is 0 Å². The Bertz CT molecular complexity index is 660. The summed E-state index contributed by atoms with van der Waals surface area (Å²) in [5.41, 5.74) is 0. The third kappa shape index (κ3) is 2.81. The number of hydrogen-bond acceptors (Lipinski definition) is 3. The first kappa shape index (κ1) is 13.5. The topological polar surface area (TPSA) is 43.4 Å². The molecule has 0 saturated carbocycles. The third-order valence-corrected chi connectivity index (χ3v) is 4.97. The van der Waals surface area contributed by atoms with Gasteiger partial charge in [0, 0.05) is 17.4 Å². The number of rotatable bonds is 4. The lowest BCUT2D eigenvalue weighted by atomic mass is 10.1. The summed E-state index contributed by atoms with van der Waals surface area (Å²) in [6, 6.07) is 13.6. The van der Waals surface area contributed by atoms with E-state index >= 15 is 0 Å². The number of ether oxygens (including phenoxy) is 1. The van der Waals surface area contributed by atoms with Crippen LogP contribution in [-0.2, 0) is 20.3 Å². The Labute approximate surface area is 120 Å². The molecule has 1 fully saturated rings. The highest BCUT2D eigenvalue weighted by Gasteiger charge is 2.25. The molecule has 4 heteroatoms. The molecule has 0 spiro atoms. The Kier molecular flexibility index (Phi) is 3.94. The molecule has 1 heterocycles. The van der Waals surface area contributed by atoms with E-state index in [9.17, 15) is 9.00 Å². The van der Waals surface area contributed by atoms with Gasteiger partial charge < -0.3 is 4.74 Å². The van der Waals surface area contributed by atoms with E-state index in [1.165, 1.54) is 0 Å². The maximum atomic E-state index is 12.3. The smallest absolute Gasteiger partial charge is 0.151 e. The van der Waals surface area contributed by atoms with Crippen LogP contribution in [0.4, 0.5) is 0 Å². The Morgan fingerprint density at radius 2 is 2.00 bits per heavy atom. The highest BCUT2D eigenvalue weighted by atomic mass is 32.2. The molecule has 1 aliphatic rings. The average Bonchev–Trinajstić information content (AvgIpc) is 3.01. The van der Waals surface area contributed by atoms with Crippen molar-refractivity contribution in [1.82, 2.24) is 0 Å². The van der Waals surface area contributed by atoms with Crippen molar-refractivity contribution in [3.05, 3.63) is 42.5 Å².